The lowest BCUT2D eigenvalue weighted by molar-refractivity contribution is -0.132. The molecule has 0 radical (unpaired) electrons. The lowest BCUT2D eigenvalue weighted by Gasteiger charge is -2.31. The van der Waals surface area contributed by atoms with Gasteiger partial charge in [-0.05, 0) is 18.6 Å². The second-order valence-corrected chi connectivity index (χ2v) is 4.15. The summed E-state index contributed by atoms with van der Waals surface area (Å²) in [5, 5.41) is 2.13. The van der Waals surface area contributed by atoms with Gasteiger partial charge in [0.05, 0.1) is 0 Å². The van der Waals surface area contributed by atoms with Crippen LogP contribution in [0.4, 0.5) is 10.5 Å². The average Bonchev–Trinajstić information content (AvgIpc) is 2.30. The molecule has 0 bridgehead atoms. The number of imide groups is 1. The first-order valence-corrected chi connectivity index (χ1v) is 5.48. The maximum atomic E-state index is 11.8. The minimum Gasteiger partial charge on any atom is -0.369 e. The normalized spacial score (nSPS) is 19.6. The lowest BCUT2D eigenvalue weighted by Crippen LogP contribution is -2.58. The van der Waals surface area contributed by atoms with Gasteiger partial charge in [-0.25, -0.2) is 4.79 Å². The van der Waals surface area contributed by atoms with Gasteiger partial charge in [0, 0.05) is 12.2 Å². The maximum absolute atomic E-state index is 11.8. The highest BCUT2D eigenvalue weighted by Gasteiger charge is 2.36. The number of urea groups is 1. The van der Waals surface area contributed by atoms with Gasteiger partial charge < -0.3 is 5.73 Å². The molecule has 1 atom stereocenters. The van der Waals surface area contributed by atoms with Crippen molar-refractivity contribution < 1.29 is 14.4 Å². The molecule has 1 aliphatic heterocycles. The topological polar surface area (TPSA) is 92.5 Å². The Balaban J connectivity index is 2.33. The molecule has 1 unspecified atom stereocenters. The fourth-order valence-corrected chi connectivity index (χ4v) is 1.90. The van der Waals surface area contributed by atoms with E-state index >= 15 is 0 Å². The Hall–Kier alpha value is -2.37. The van der Waals surface area contributed by atoms with E-state index in [0.717, 1.165) is 5.56 Å². The number of amides is 4. The minimum absolute atomic E-state index is 0.0230. The van der Waals surface area contributed by atoms with E-state index < -0.39 is 23.8 Å². The van der Waals surface area contributed by atoms with Crippen molar-refractivity contribution in [1.82, 2.24) is 5.32 Å². The number of para-hydroxylation sites is 1. The quantitative estimate of drug-likeness (QED) is 0.729. The van der Waals surface area contributed by atoms with Gasteiger partial charge in [0.25, 0.3) is 0 Å². The van der Waals surface area contributed by atoms with Crippen molar-refractivity contribution in [3.05, 3.63) is 29.8 Å². The number of hydrogen-bond donors (Lipinski definition) is 2. The zero-order valence-electron chi connectivity index (χ0n) is 9.84. The molecule has 94 valence electrons. The number of primary amides is 1. The number of aryl methyl sites for hydroxylation is 1. The first-order chi connectivity index (χ1) is 8.50. The van der Waals surface area contributed by atoms with E-state index in [9.17, 15) is 14.4 Å². The van der Waals surface area contributed by atoms with Crippen molar-refractivity contribution in [2.45, 2.75) is 6.92 Å². The summed E-state index contributed by atoms with van der Waals surface area (Å²) >= 11 is 0. The molecule has 4 amide bonds. The van der Waals surface area contributed by atoms with Gasteiger partial charge in [-0.15, -0.1) is 0 Å². The Morgan fingerprint density at radius 3 is 2.67 bits per heavy atom. The molecule has 1 saturated heterocycles. The zero-order chi connectivity index (χ0) is 13.3. The van der Waals surface area contributed by atoms with Gasteiger partial charge in [0.2, 0.25) is 11.8 Å². The molecule has 1 aliphatic rings. The Labute approximate surface area is 104 Å². The minimum atomic E-state index is -1.01. The molecule has 1 aromatic carbocycles. The molecule has 6 nitrogen and oxygen atoms in total. The van der Waals surface area contributed by atoms with Crippen molar-refractivity contribution >= 4 is 23.5 Å². The van der Waals surface area contributed by atoms with Gasteiger partial charge in [0.1, 0.15) is 5.92 Å². The second-order valence-electron chi connectivity index (χ2n) is 4.15. The number of carbonyl (C=O) groups excluding carboxylic acids is 3. The van der Waals surface area contributed by atoms with Crippen LogP contribution in [-0.4, -0.2) is 24.4 Å². The molecular formula is C12H13N3O3. The molecule has 6 heteroatoms. The van der Waals surface area contributed by atoms with Crippen LogP contribution in [0.2, 0.25) is 0 Å². The predicted octanol–water partition coefficient (Wildman–Crippen LogP) is 0.153. The van der Waals surface area contributed by atoms with Gasteiger partial charge >= 0.3 is 6.03 Å². The van der Waals surface area contributed by atoms with Crippen molar-refractivity contribution in [2.24, 2.45) is 11.7 Å². The summed E-state index contributed by atoms with van der Waals surface area (Å²) in [5.74, 6) is -2.39. The Bertz CT molecular complexity index is 527. The van der Waals surface area contributed by atoms with Crippen LogP contribution in [-0.2, 0) is 9.59 Å². The predicted molar refractivity (Wildman–Crippen MR) is 64.7 cm³/mol. The summed E-state index contributed by atoms with van der Waals surface area (Å²) in [5.41, 5.74) is 6.68. The molecule has 0 saturated carbocycles. The molecule has 1 aromatic rings. The van der Waals surface area contributed by atoms with E-state index in [-0.39, 0.29) is 6.54 Å². The molecule has 0 aliphatic carbocycles. The summed E-state index contributed by atoms with van der Waals surface area (Å²) in [6.07, 6.45) is 0. The van der Waals surface area contributed by atoms with Crippen LogP contribution in [0.25, 0.3) is 0 Å². The Morgan fingerprint density at radius 2 is 2.06 bits per heavy atom. The van der Waals surface area contributed by atoms with Crippen LogP contribution in [0, 0.1) is 12.8 Å². The number of nitrogens with zero attached hydrogens (tertiary/aromatic N) is 1. The van der Waals surface area contributed by atoms with Crippen LogP contribution >= 0.6 is 0 Å². The molecule has 1 fully saturated rings. The highest BCUT2D eigenvalue weighted by atomic mass is 16.2. The summed E-state index contributed by atoms with van der Waals surface area (Å²) in [7, 11) is 0. The molecule has 3 N–H and O–H groups in total. The monoisotopic (exact) mass is 247 g/mol. The van der Waals surface area contributed by atoms with E-state index in [4.69, 9.17) is 5.73 Å². The molecule has 0 spiro atoms. The van der Waals surface area contributed by atoms with E-state index in [1.54, 1.807) is 12.1 Å². The number of benzene rings is 1. The van der Waals surface area contributed by atoms with Crippen LogP contribution in [0.15, 0.2) is 24.3 Å². The number of anilines is 1. The number of carbonyl (C=O) groups is 3. The largest absolute Gasteiger partial charge is 0.369 e. The summed E-state index contributed by atoms with van der Waals surface area (Å²) in [6.45, 7) is 1.82. The Kier molecular flexibility index (Phi) is 3.01. The third-order valence-electron chi connectivity index (χ3n) is 2.91. The first-order valence-electron chi connectivity index (χ1n) is 5.48. The highest BCUT2D eigenvalue weighted by Crippen LogP contribution is 2.22. The van der Waals surface area contributed by atoms with E-state index in [1.807, 2.05) is 19.1 Å². The fraction of sp³-hybridized carbons (Fsp3) is 0.250. The van der Waals surface area contributed by atoms with Gasteiger partial charge in [-0.3, -0.25) is 19.8 Å². The van der Waals surface area contributed by atoms with Gasteiger partial charge in [-0.1, -0.05) is 18.2 Å². The van der Waals surface area contributed by atoms with E-state index in [2.05, 4.69) is 5.32 Å². The molecule has 2 rings (SSSR count). The highest BCUT2D eigenvalue weighted by molar-refractivity contribution is 6.13. The van der Waals surface area contributed by atoms with Crippen LogP contribution in [0.5, 0.6) is 0 Å². The SMILES string of the molecule is Cc1ccccc1N1CC(C(N)=O)C(=O)NC1=O. The standard InChI is InChI=1S/C12H13N3O3/c1-7-4-2-3-5-9(7)15-6-8(10(13)16)11(17)14-12(15)18/h2-5,8H,6H2,1H3,(H2,13,16)(H,14,17,18). The van der Waals surface area contributed by atoms with E-state index in [1.165, 1.54) is 4.90 Å². The lowest BCUT2D eigenvalue weighted by atomic mass is 10.0. The fourth-order valence-electron chi connectivity index (χ4n) is 1.90. The smallest absolute Gasteiger partial charge is 0.328 e. The van der Waals surface area contributed by atoms with Crippen molar-refractivity contribution in [2.75, 3.05) is 11.4 Å². The molecule has 1 heterocycles. The van der Waals surface area contributed by atoms with Crippen LogP contribution in [0.3, 0.4) is 0 Å². The van der Waals surface area contributed by atoms with Crippen molar-refractivity contribution in [3.8, 4) is 0 Å². The summed E-state index contributed by atoms with van der Waals surface area (Å²) in [4.78, 5) is 35.7. The Morgan fingerprint density at radius 1 is 1.39 bits per heavy atom. The molecular weight excluding hydrogens is 234 g/mol. The third-order valence-corrected chi connectivity index (χ3v) is 2.91. The van der Waals surface area contributed by atoms with E-state index in [0.29, 0.717) is 5.69 Å². The second kappa shape index (κ2) is 4.48. The number of hydrogen-bond acceptors (Lipinski definition) is 3. The summed E-state index contributed by atoms with van der Waals surface area (Å²) in [6, 6.07) is 6.69. The van der Waals surface area contributed by atoms with Crippen LogP contribution in [0.1, 0.15) is 5.56 Å². The molecule has 0 aromatic heterocycles. The van der Waals surface area contributed by atoms with Crippen molar-refractivity contribution in [3.63, 3.8) is 0 Å². The maximum Gasteiger partial charge on any atom is 0.328 e. The third kappa shape index (κ3) is 2.04. The number of nitrogens with two attached hydrogens (primary N) is 1. The van der Waals surface area contributed by atoms with Gasteiger partial charge in [-0.2, -0.15) is 0 Å². The summed E-state index contributed by atoms with van der Waals surface area (Å²) < 4.78 is 0. The molecule has 18 heavy (non-hydrogen) atoms. The average molecular weight is 247 g/mol. The number of rotatable bonds is 2. The first kappa shape index (κ1) is 12.1. The zero-order valence-corrected chi connectivity index (χ0v) is 9.84. The number of nitrogens with one attached hydrogen (secondary N) is 1. The van der Waals surface area contributed by atoms with Crippen LogP contribution < -0.4 is 16.0 Å². The van der Waals surface area contributed by atoms with Crippen molar-refractivity contribution in [1.29, 1.82) is 0 Å². The van der Waals surface area contributed by atoms with Gasteiger partial charge in [0.15, 0.2) is 0 Å².